The summed E-state index contributed by atoms with van der Waals surface area (Å²) < 4.78 is 5.27. The molecule has 1 saturated carbocycles. The molecule has 5 nitrogen and oxygen atoms in total. The largest absolute Gasteiger partial charge is 0.496 e. The Balaban J connectivity index is 1.88. The van der Waals surface area contributed by atoms with Crippen LogP contribution >= 0.6 is 0 Å². The van der Waals surface area contributed by atoms with Gasteiger partial charge in [-0.1, -0.05) is 18.2 Å². The maximum absolute atomic E-state index is 12.0. The molecule has 2 unspecified atom stereocenters. The third-order valence-electron chi connectivity index (χ3n) is 3.71. The average Bonchev–Trinajstić information content (AvgIpc) is 3.24. The fourth-order valence-corrected chi connectivity index (χ4v) is 2.33. The van der Waals surface area contributed by atoms with Crippen molar-refractivity contribution < 1.29 is 19.4 Å². The molecule has 1 fully saturated rings. The summed E-state index contributed by atoms with van der Waals surface area (Å²) in [6.07, 6.45) is 1.16. The van der Waals surface area contributed by atoms with Gasteiger partial charge in [0, 0.05) is 13.6 Å². The lowest BCUT2D eigenvalue weighted by Gasteiger charge is -2.18. The van der Waals surface area contributed by atoms with Gasteiger partial charge in [-0.15, -0.1) is 0 Å². The first kappa shape index (κ1) is 14.4. The lowest BCUT2D eigenvalue weighted by atomic mass is 10.1. The van der Waals surface area contributed by atoms with Crippen LogP contribution in [-0.2, 0) is 16.0 Å². The number of carboxylic acid groups (broad SMARTS) is 1. The standard InChI is InChI=1S/C15H19NO4/c1-16(14(17)11-9-12(11)15(18)19)8-7-10-5-3-4-6-13(10)20-2/h3-6,11-12H,7-9H2,1-2H3,(H,18,19). The van der Waals surface area contributed by atoms with Gasteiger partial charge in [0.15, 0.2) is 0 Å². The van der Waals surface area contributed by atoms with E-state index in [1.807, 2.05) is 24.3 Å². The second-order valence-electron chi connectivity index (χ2n) is 5.11. The van der Waals surface area contributed by atoms with E-state index < -0.39 is 11.9 Å². The lowest BCUT2D eigenvalue weighted by Crippen LogP contribution is -2.31. The molecule has 0 aliphatic heterocycles. The van der Waals surface area contributed by atoms with Gasteiger partial charge in [-0.3, -0.25) is 9.59 Å². The molecule has 0 radical (unpaired) electrons. The van der Waals surface area contributed by atoms with Crippen molar-refractivity contribution in [1.29, 1.82) is 0 Å². The number of likely N-dealkylation sites (N-methyl/N-ethyl adjacent to an activating group) is 1. The maximum Gasteiger partial charge on any atom is 0.307 e. The van der Waals surface area contributed by atoms with E-state index >= 15 is 0 Å². The molecule has 0 bridgehead atoms. The molecular formula is C15H19NO4. The van der Waals surface area contributed by atoms with Crippen molar-refractivity contribution in [3.8, 4) is 5.75 Å². The normalized spacial score (nSPS) is 20.3. The number of benzene rings is 1. The van der Waals surface area contributed by atoms with Crippen LogP contribution in [0.3, 0.4) is 0 Å². The number of carbonyl (C=O) groups is 2. The Morgan fingerprint density at radius 1 is 1.35 bits per heavy atom. The highest BCUT2D eigenvalue weighted by Gasteiger charge is 2.49. The zero-order valence-corrected chi connectivity index (χ0v) is 11.7. The molecule has 0 saturated heterocycles. The molecule has 1 aromatic carbocycles. The first-order valence-electron chi connectivity index (χ1n) is 6.64. The Hall–Kier alpha value is -2.04. The third kappa shape index (κ3) is 3.10. The minimum absolute atomic E-state index is 0.0766. The van der Waals surface area contributed by atoms with Crippen LogP contribution in [0.25, 0.3) is 0 Å². The molecule has 108 valence electrons. The highest BCUT2D eigenvalue weighted by Crippen LogP contribution is 2.39. The molecular weight excluding hydrogens is 258 g/mol. The van der Waals surface area contributed by atoms with Crippen LogP contribution in [0.1, 0.15) is 12.0 Å². The van der Waals surface area contributed by atoms with Crippen LogP contribution < -0.4 is 4.74 Å². The number of carbonyl (C=O) groups excluding carboxylic acids is 1. The molecule has 2 atom stereocenters. The summed E-state index contributed by atoms with van der Waals surface area (Å²) >= 11 is 0. The molecule has 20 heavy (non-hydrogen) atoms. The number of hydrogen-bond donors (Lipinski definition) is 1. The molecule has 1 aliphatic carbocycles. The van der Waals surface area contributed by atoms with Gasteiger partial charge < -0.3 is 14.7 Å². The number of amides is 1. The number of aliphatic carboxylic acids is 1. The number of methoxy groups -OCH3 is 1. The Bertz CT molecular complexity index is 514. The van der Waals surface area contributed by atoms with Crippen molar-refractivity contribution in [2.75, 3.05) is 20.7 Å². The zero-order valence-electron chi connectivity index (χ0n) is 11.7. The van der Waals surface area contributed by atoms with Gasteiger partial charge in [0.25, 0.3) is 0 Å². The molecule has 1 aromatic rings. The minimum Gasteiger partial charge on any atom is -0.496 e. The Kier molecular flexibility index (Phi) is 4.27. The number of rotatable bonds is 6. The predicted octanol–water partition coefficient (Wildman–Crippen LogP) is 1.42. The number of nitrogens with zero attached hydrogens (tertiary/aromatic N) is 1. The monoisotopic (exact) mass is 277 g/mol. The summed E-state index contributed by atoms with van der Waals surface area (Å²) in [7, 11) is 3.34. The van der Waals surface area contributed by atoms with Crippen molar-refractivity contribution in [2.45, 2.75) is 12.8 Å². The highest BCUT2D eigenvalue weighted by atomic mass is 16.5. The molecule has 0 aromatic heterocycles. The van der Waals surface area contributed by atoms with E-state index in [-0.39, 0.29) is 11.8 Å². The van der Waals surface area contributed by atoms with E-state index in [0.717, 1.165) is 11.3 Å². The SMILES string of the molecule is COc1ccccc1CCN(C)C(=O)C1CC1C(=O)O. The smallest absolute Gasteiger partial charge is 0.307 e. The topological polar surface area (TPSA) is 66.8 Å². The minimum atomic E-state index is -0.874. The summed E-state index contributed by atoms with van der Waals surface area (Å²) in [5, 5.41) is 8.84. The van der Waals surface area contributed by atoms with E-state index in [1.165, 1.54) is 0 Å². The summed E-state index contributed by atoms with van der Waals surface area (Å²) in [6, 6.07) is 7.69. The van der Waals surface area contributed by atoms with Gasteiger partial charge in [-0.05, 0) is 24.5 Å². The average molecular weight is 277 g/mol. The first-order chi connectivity index (χ1) is 9.54. The van der Waals surface area contributed by atoms with E-state index in [0.29, 0.717) is 19.4 Å². The fourth-order valence-electron chi connectivity index (χ4n) is 2.33. The second kappa shape index (κ2) is 5.94. The third-order valence-corrected chi connectivity index (χ3v) is 3.71. The van der Waals surface area contributed by atoms with Gasteiger partial charge in [0.1, 0.15) is 5.75 Å². The van der Waals surface area contributed by atoms with Crippen LogP contribution in [0.4, 0.5) is 0 Å². The van der Waals surface area contributed by atoms with Crippen molar-refractivity contribution in [1.82, 2.24) is 4.90 Å². The number of ether oxygens (including phenoxy) is 1. The van der Waals surface area contributed by atoms with Gasteiger partial charge in [-0.2, -0.15) is 0 Å². The Morgan fingerprint density at radius 3 is 2.65 bits per heavy atom. The zero-order chi connectivity index (χ0) is 14.7. The second-order valence-corrected chi connectivity index (χ2v) is 5.11. The number of hydrogen-bond acceptors (Lipinski definition) is 3. The number of para-hydroxylation sites is 1. The number of carboxylic acids is 1. The van der Waals surface area contributed by atoms with Crippen LogP contribution in [0.2, 0.25) is 0 Å². The van der Waals surface area contributed by atoms with Crippen molar-refractivity contribution in [3.63, 3.8) is 0 Å². The Labute approximate surface area is 118 Å². The molecule has 1 amide bonds. The van der Waals surface area contributed by atoms with Crippen LogP contribution in [-0.4, -0.2) is 42.6 Å². The molecule has 1 N–H and O–H groups in total. The van der Waals surface area contributed by atoms with Gasteiger partial charge in [-0.25, -0.2) is 0 Å². The van der Waals surface area contributed by atoms with Gasteiger partial charge >= 0.3 is 5.97 Å². The summed E-state index contributed by atoms with van der Waals surface area (Å²) in [5.74, 6) is -0.969. The van der Waals surface area contributed by atoms with Crippen LogP contribution in [0.15, 0.2) is 24.3 Å². The van der Waals surface area contributed by atoms with Crippen molar-refractivity contribution >= 4 is 11.9 Å². The fraction of sp³-hybridized carbons (Fsp3) is 0.467. The summed E-state index contributed by atoms with van der Waals surface area (Å²) in [5.41, 5.74) is 1.04. The van der Waals surface area contributed by atoms with Crippen molar-refractivity contribution in [3.05, 3.63) is 29.8 Å². The molecule has 2 rings (SSSR count). The Morgan fingerprint density at radius 2 is 2.05 bits per heavy atom. The van der Waals surface area contributed by atoms with E-state index in [2.05, 4.69) is 0 Å². The predicted molar refractivity (Wildman–Crippen MR) is 73.6 cm³/mol. The maximum atomic E-state index is 12.0. The van der Waals surface area contributed by atoms with Crippen LogP contribution in [0, 0.1) is 11.8 Å². The van der Waals surface area contributed by atoms with E-state index in [4.69, 9.17) is 9.84 Å². The first-order valence-corrected chi connectivity index (χ1v) is 6.64. The van der Waals surface area contributed by atoms with Crippen LogP contribution in [0.5, 0.6) is 5.75 Å². The molecule has 0 spiro atoms. The molecule has 1 aliphatic rings. The molecule has 5 heteroatoms. The van der Waals surface area contributed by atoms with E-state index in [1.54, 1.807) is 19.1 Å². The van der Waals surface area contributed by atoms with Gasteiger partial charge in [0.2, 0.25) is 5.91 Å². The highest BCUT2D eigenvalue weighted by molar-refractivity contribution is 5.89. The lowest BCUT2D eigenvalue weighted by molar-refractivity contribution is -0.141. The van der Waals surface area contributed by atoms with Gasteiger partial charge in [0.05, 0.1) is 18.9 Å². The summed E-state index contributed by atoms with van der Waals surface area (Å²) in [4.78, 5) is 24.4. The molecule has 0 heterocycles. The summed E-state index contributed by atoms with van der Waals surface area (Å²) in [6.45, 7) is 0.558. The van der Waals surface area contributed by atoms with E-state index in [9.17, 15) is 9.59 Å². The quantitative estimate of drug-likeness (QED) is 0.854. The van der Waals surface area contributed by atoms with Crippen molar-refractivity contribution in [2.24, 2.45) is 11.8 Å².